The molecule has 3 nitrogen and oxygen atoms in total. The van der Waals surface area contributed by atoms with Crippen LogP contribution in [0.25, 0.3) is 10.9 Å². The fourth-order valence-corrected chi connectivity index (χ4v) is 5.72. The Kier molecular flexibility index (Phi) is 4.95. The predicted molar refractivity (Wildman–Crippen MR) is 108 cm³/mol. The van der Waals surface area contributed by atoms with E-state index in [2.05, 4.69) is 22.4 Å². The minimum absolute atomic E-state index is 0.0845. The van der Waals surface area contributed by atoms with Crippen molar-refractivity contribution in [3.8, 4) is 0 Å². The summed E-state index contributed by atoms with van der Waals surface area (Å²) in [6.45, 7) is 0. The number of fused-ring (bicyclic) bond motifs is 1. The lowest BCUT2D eigenvalue weighted by atomic mass is 10.1. The van der Waals surface area contributed by atoms with E-state index >= 15 is 0 Å². The van der Waals surface area contributed by atoms with Gasteiger partial charge in [-0.25, -0.2) is 0 Å². The Morgan fingerprint density at radius 2 is 1.84 bits per heavy atom. The third-order valence-electron chi connectivity index (χ3n) is 4.13. The van der Waals surface area contributed by atoms with Gasteiger partial charge in [-0.05, 0) is 59.9 Å². The first-order valence-electron chi connectivity index (χ1n) is 8.29. The quantitative estimate of drug-likeness (QED) is 0.678. The number of carbonyl (C=O) groups excluding carboxylic acids is 1. The number of hydrogen-bond acceptors (Lipinski definition) is 4. The molecule has 1 amide bonds. The molecule has 0 radical (unpaired) electrons. The Balaban J connectivity index is 1.48. The van der Waals surface area contributed by atoms with Crippen LogP contribution >= 0.6 is 23.5 Å². The fraction of sp³-hybridized carbons (Fsp3) is 0.200. The van der Waals surface area contributed by atoms with E-state index in [1.54, 1.807) is 6.20 Å². The Morgan fingerprint density at radius 1 is 1.04 bits per heavy atom. The molecule has 1 aliphatic heterocycles. The summed E-state index contributed by atoms with van der Waals surface area (Å²) in [5.41, 5.74) is 3.68. The highest BCUT2D eigenvalue weighted by Gasteiger charge is 2.17. The van der Waals surface area contributed by atoms with Gasteiger partial charge in [-0.2, -0.15) is 0 Å². The number of nitrogens with zero attached hydrogens (tertiary/aromatic N) is 1. The SMILES string of the molecule is O=C(Nc1ccc2ncccc2c1)c1ccc(C2SCCCS2)cc1. The highest BCUT2D eigenvalue weighted by molar-refractivity contribution is 8.16. The Labute approximate surface area is 155 Å². The highest BCUT2D eigenvalue weighted by atomic mass is 32.2. The maximum Gasteiger partial charge on any atom is 0.255 e. The van der Waals surface area contributed by atoms with Gasteiger partial charge in [0.05, 0.1) is 10.1 Å². The molecule has 0 saturated carbocycles. The van der Waals surface area contributed by atoms with Crippen molar-refractivity contribution in [2.45, 2.75) is 11.0 Å². The average molecular weight is 367 g/mol. The van der Waals surface area contributed by atoms with Gasteiger partial charge in [0, 0.05) is 22.8 Å². The molecule has 2 aromatic carbocycles. The molecule has 3 aromatic rings. The van der Waals surface area contributed by atoms with Crippen LogP contribution in [0.15, 0.2) is 60.8 Å². The Bertz CT molecular complexity index is 890. The molecule has 1 aliphatic rings. The van der Waals surface area contributed by atoms with Crippen molar-refractivity contribution < 1.29 is 4.79 Å². The van der Waals surface area contributed by atoms with E-state index < -0.39 is 0 Å². The van der Waals surface area contributed by atoms with Gasteiger partial charge in [-0.15, -0.1) is 23.5 Å². The number of thioether (sulfide) groups is 2. The largest absolute Gasteiger partial charge is 0.322 e. The van der Waals surface area contributed by atoms with Crippen LogP contribution in [0.1, 0.15) is 26.9 Å². The zero-order chi connectivity index (χ0) is 17.1. The molecular formula is C20H18N2OS2. The predicted octanol–water partition coefficient (Wildman–Crippen LogP) is 5.36. The Morgan fingerprint density at radius 3 is 2.64 bits per heavy atom. The van der Waals surface area contributed by atoms with Gasteiger partial charge in [-0.3, -0.25) is 9.78 Å². The number of anilines is 1. The van der Waals surface area contributed by atoms with Crippen molar-refractivity contribution >= 4 is 46.0 Å². The molecule has 0 aliphatic carbocycles. The van der Waals surface area contributed by atoms with Crippen LogP contribution in [0.5, 0.6) is 0 Å². The second kappa shape index (κ2) is 7.50. The number of aromatic nitrogens is 1. The maximum atomic E-state index is 12.5. The number of carbonyl (C=O) groups is 1. The molecule has 0 unspecified atom stereocenters. The van der Waals surface area contributed by atoms with Crippen molar-refractivity contribution in [2.75, 3.05) is 16.8 Å². The lowest BCUT2D eigenvalue weighted by Crippen LogP contribution is -2.12. The van der Waals surface area contributed by atoms with Crippen LogP contribution in [0.4, 0.5) is 5.69 Å². The summed E-state index contributed by atoms with van der Waals surface area (Å²) in [5.74, 6) is 2.35. The smallest absolute Gasteiger partial charge is 0.255 e. The first kappa shape index (κ1) is 16.5. The third kappa shape index (κ3) is 3.83. The van der Waals surface area contributed by atoms with Crippen LogP contribution in [-0.2, 0) is 0 Å². The zero-order valence-electron chi connectivity index (χ0n) is 13.6. The topological polar surface area (TPSA) is 42.0 Å². The molecule has 1 N–H and O–H groups in total. The molecule has 5 heteroatoms. The van der Waals surface area contributed by atoms with E-state index in [4.69, 9.17) is 0 Å². The number of pyridine rings is 1. The van der Waals surface area contributed by atoms with Crippen LogP contribution in [0.3, 0.4) is 0 Å². The molecule has 1 aromatic heterocycles. The zero-order valence-corrected chi connectivity index (χ0v) is 15.3. The molecule has 4 rings (SSSR count). The monoisotopic (exact) mass is 366 g/mol. The van der Waals surface area contributed by atoms with Gasteiger partial charge in [0.15, 0.2) is 0 Å². The van der Waals surface area contributed by atoms with Gasteiger partial charge in [0.1, 0.15) is 0 Å². The lowest BCUT2D eigenvalue weighted by Gasteiger charge is -2.21. The minimum atomic E-state index is -0.0845. The maximum absolute atomic E-state index is 12.5. The summed E-state index contributed by atoms with van der Waals surface area (Å²) in [6.07, 6.45) is 3.05. The summed E-state index contributed by atoms with van der Waals surface area (Å²) >= 11 is 3.98. The van der Waals surface area contributed by atoms with Crippen molar-refractivity contribution in [3.05, 3.63) is 71.9 Å². The molecule has 126 valence electrons. The molecular weight excluding hydrogens is 348 g/mol. The summed E-state index contributed by atoms with van der Waals surface area (Å²) in [5, 5.41) is 3.99. The highest BCUT2D eigenvalue weighted by Crippen LogP contribution is 2.43. The summed E-state index contributed by atoms with van der Waals surface area (Å²) < 4.78 is 0.499. The number of rotatable bonds is 3. The summed E-state index contributed by atoms with van der Waals surface area (Å²) in [4.78, 5) is 16.8. The van der Waals surface area contributed by atoms with E-state index in [1.165, 1.54) is 23.5 Å². The van der Waals surface area contributed by atoms with Gasteiger partial charge in [0.25, 0.3) is 5.91 Å². The molecule has 2 heterocycles. The van der Waals surface area contributed by atoms with Crippen LogP contribution in [-0.4, -0.2) is 22.4 Å². The molecule has 0 atom stereocenters. The van der Waals surface area contributed by atoms with E-state index in [-0.39, 0.29) is 5.91 Å². The van der Waals surface area contributed by atoms with Crippen LogP contribution in [0.2, 0.25) is 0 Å². The first-order chi connectivity index (χ1) is 12.3. The average Bonchev–Trinajstić information content (AvgIpc) is 2.69. The molecule has 1 saturated heterocycles. The molecule has 1 fully saturated rings. The first-order valence-corrected chi connectivity index (χ1v) is 10.4. The molecule has 25 heavy (non-hydrogen) atoms. The van der Waals surface area contributed by atoms with E-state index in [1.807, 2.05) is 66.0 Å². The third-order valence-corrected chi connectivity index (χ3v) is 7.15. The standard InChI is InChI=1S/C20H18N2OS2/c23-19(22-17-8-9-18-16(13-17)3-1-10-21-18)14-4-6-15(7-5-14)20-24-11-2-12-25-20/h1,3-10,13,20H,2,11-12H2,(H,22,23). The summed E-state index contributed by atoms with van der Waals surface area (Å²) in [7, 11) is 0. The van der Waals surface area contributed by atoms with Gasteiger partial charge < -0.3 is 5.32 Å². The van der Waals surface area contributed by atoms with E-state index in [9.17, 15) is 4.79 Å². The second-order valence-corrected chi connectivity index (χ2v) is 8.64. The Hall–Kier alpha value is -1.98. The van der Waals surface area contributed by atoms with Crippen molar-refractivity contribution in [2.24, 2.45) is 0 Å². The van der Waals surface area contributed by atoms with Gasteiger partial charge >= 0.3 is 0 Å². The number of amides is 1. The van der Waals surface area contributed by atoms with Crippen LogP contribution in [0, 0.1) is 0 Å². The van der Waals surface area contributed by atoms with E-state index in [0.29, 0.717) is 10.1 Å². The van der Waals surface area contributed by atoms with Crippen molar-refractivity contribution in [3.63, 3.8) is 0 Å². The van der Waals surface area contributed by atoms with Gasteiger partial charge in [0.2, 0.25) is 0 Å². The van der Waals surface area contributed by atoms with Crippen molar-refractivity contribution in [1.29, 1.82) is 0 Å². The fourth-order valence-electron chi connectivity index (χ4n) is 2.83. The summed E-state index contributed by atoms with van der Waals surface area (Å²) in [6, 6.07) is 17.6. The molecule has 0 spiro atoms. The van der Waals surface area contributed by atoms with E-state index in [0.717, 1.165) is 16.6 Å². The number of hydrogen-bond donors (Lipinski definition) is 1. The molecule has 0 bridgehead atoms. The van der Waals surface area contributed by atoms with Gasteiger partial charge in [-0.1, -0.05) is 18.2 Å². The normalized spacial score (nSPS) is 15.2. The number of nitrogens with one attached hydrogen (secondary N) is 1. The van der Waals surface area contributed by atoms with Crippen molar-refractivity contribution in [1.82, 2.24) is 4.98 Å². The number of benzene rings is 2. The van der Waals surface area contributed by atoms with Crippen LogP contribution < -0.4 is 5.32 Å². The minimum Gasteiger partial charge on any atom is -0.322 e. The second-order valence-electron chi connectivity index (χ2n) is 5.91. The lowest BCUT2D eigenvalue weighted by molar-refractivity contribution is 0.102.